The standard InChI is InChI=1S/C19H27NO/c1-3-13-20-18(11-12-19-6-5-14-21-19)15-17-9-7-16(4-2)8-10-17/h5-10,14,18,20H,3-4,11-13,15H2,1-2H3. The van der Waals surface area contributed by atoms with E-state index < -0.39 is 0 Å². The van der Waals surface area contributed by atoms with E-state index in [2.05, 4.69) is 49.5 Å². The SMILES string of the molecule is CCCNC(CCc1ccco1)Cc1ccc(CC)cc1. The van der Waals surface area contributed by atoms with Crippen LogP contribution in [0.2, 0.25) is 0 Å². The molecule has 1 aromatic carbocycles. The van der Waals surface area contributed by atoms with Crippen molar-refractivity contribution >= 4 is 0 Å². The number of benzene rings is 1. The first kappa shape index (κ1) is 15.8. The molecule has 1 heterocycles. The van der Waals surface area contributed by atoms with Crippen molar-refractivity contribution in [3.8, 4) is 0 Å². The molecule has 114 valence electrons. The van der Waals surface area contributed by atoms with Crippen LogP contribution < -0.4 is 5.32 Å². The van der Waals surface area contributed by atoms with Gasteiger partial charge in [-0.2, -0.15) is 0 Å². The third kappa shape index (κ3) is 5.39. The number of nitrogens with one attached hydrogen (secondary N) is 1. The van der Waals surface area contributed by atoms with Crippen LogP contribution in [-0.4, -0.2) is 12.6 Å². The third-order valence-electron chi connectivity index (χ3n) is 3.92. The topological polar surface area (TPSA) is 25.2 Å². The zero-order chi connectivity index (χ0) is 14.9. The second-order valence-corrected chi connectivity index (χ2v) is 5.64. The zero-order valence-electron chi connectivity index (χ0n) is 13.3. The molecule has 0 aliphatic heterocycles. The monoisotopic (exact) mass is 285 g/mol. The lowest BCUT2D eigenvalue weighted by Gasteiger charge is -2.18. The fourth-order valence-corrected chi connectivity index (χ4v) is 2.59. The van der Waals surface area contributed by atoms with Crippen molar-refractivity contribution in [2.24, 2.45) is 0 Å². The van der Waals surface area contributed by atoms with Gasteiger partial charge in [-0.15, -0.1) is 0 Å². The van der Waals surface area contributed by atoms with Gasteiger partial charge in [-0.25, -0.2) is 0 Å². The van der Waals surface area contributed by atoms with Gasteiger partial charge in [0, 0.05) is 12.5 Å². The van der Waals surface area contributed by atoms with Crippen molar-refractivity contribution in [2.75, 3.05) is 6.54 Å². The molecule has 0 bridgehead atoms. The van der Waals surface area contributed by atoms with Crippen LogP contribution in [0, 0.1) is 0 Å². The Morgan fingerprint density at radius 1 is 1.05 bits per heavy atom. The number of rotatable bonds is 9. The summed E-state index contributed by atoms with van der Waals surface area (Å²) in [6.07, 6.45) is 7.24. The summed E-state index contributed by atoms with van der Waals surface area (Å²) >= 11 is 0. The van der Waals surface area contributed by atoms with E-state index in [0.717, 1.165) is 38.0 Å². The molecule has 0 fully saturated rings. The van der Waals surface area contributed by atoms with Crippen molar-refractivity contribution < 1.29 is 4.42 Å². The molecule has 0 aliphatic carbocycles. The maximum absolute atomic E-state index is 5.44. The van der Waals surface area contributed by atoms with Gasteiger partial charge in [-0.1, -0.05) is 38.1 Å². The highest BCUT2D eigenvalue weighted by molar-refractivity contribution is 5.23. The average Bonchev–Trinajstić information content (AvgIpc) is 3.04. The van der Waals surface area contributed by atoms with E-state index in [0.29, 0.717) is 6.04 Å². The molecule has 0 aliphatic rings. The minimum Gasteiger partial charge on any atom is -0.469 e. The van der Waals surface area contributed by atoms with Gasteiger partial charge in [0.05, 0.1) is 6.26 Å². The van der Waals surface area contributed by atoms with Crippen molar-refractivity contribution in [1.82, 2.24) is 5.32 Å². The molecule has 0 spiro atoms. The fourth-order valence-electron chi connectivity index (χ4n) is 2.59. The fraction of sp³-hybridized carbons (Fsp3) is 0.474. The Kier molecular flexibility index (Phi) is 6.55. The average molecular weight is 285 g/mol. The van der Waals surface area contributed by atoms with E-state index in [9.17, 15) is 0 Å². The van der Waals surface area contributed by atoms with Gasteiger partial charge < -0.3 is 9.73 Å². The summed E-state index contributed by atoms with van der Waals surface area (Å²) in [7, 11) is 0. The Labute approximate surface area is 128 Å². The molecule has 2 rings (SSSR count). The molecule has 2 nitrogen and oxygen atoms in total. The van der Waals surface area contributed by atoms with Crippen molar-refractivity contribution in [1.29, 1.82) is 0 Å². The summed E-state index contributed by atoms with van der Waals surface area (Å²) in [4.78, 5) is 0. The maximum Gasteiger partial charge on any atom is 0.103 e. The van der Waals surface area contributed by atoms with E-state index in [1.54, 1.807) is 6.26 Å². The maximum atomic E-state index is 5.44. The van der Waals surface area contributed by atoms with Gasteiger partial charge in [0.2, 0.25) is 0 Å². The highest BCUT2D eigenvalue weighted by Gasteiger charge is 2.10. The molecule has 0 saturated heterocycles. The van der Waals surface area contributed by atoms with Crippen LogP contribution in [0.4, 0.5) is 0 Å². The van der Waals surface area contributed by atoms with Gasteiger partial charge in [0.15, 0.2) is 0 Å². The number of aryl methyl sites for hydroxylation is 2. The molecule has 2 aromatic rings. The van der Waals surface area contributed by atoms with Crippen molar-refractivity contribution in [3.63, 3.8) is 0 Å². The summed E-state index contributed by atoms with van der Waals surface area (Å²) < 4.78 is 5.44. The third-order valence-corrected chi connectivity index (χ3v) is 3.92. The summed E-state index contributed by atoms with van der Waals surface area (Å²) in [5, 5.41) is 3.67. The van der Waals surface area contributed by atoms with Gasteiger partial charge in [-0.05, 0) is 55.5 Å². The lowest BCUT2D eigenvalue weighted by atomic mass is 9.99. The summed E-state index contributed by atoms with van der Waals surface area (Å²) in [5.74, 6) is 1.08. The van der Waals surface area contributed by atoms with Gasteiger partial charge in [0.25, 0.3) is 0 Å². The van der Waals surface area contributed by atoms with E-state index in [-0.39, 0.29) is 0 Å². The lowest BCUT2D eigenvalue weighted by Crippen LogP contribution is -2.32. The first-order valence-electron chi connectivity index (χ1n) is 8.15. The summed E-state index contributed by atoms with van der Waals surface area (Å²) in [6.45, 7) is 5.49. The van der Waals surface area contributed by atoms with Gasteiger partial charge >= 0.3 is 0 Å². The molecule has 1 unspecified atom stereocenters. The van der Waals surface area contributed by atoms with E-state index in [1.807, 2.05) is 6.07 Å². The molecule has 1 aromatic heterocycles. The second-order valence-electron chi connectivity index (χ2n) is 5.64. The second kappa shape index (κ2) is 8.68. The minimum atomic E-state index is 0.516. The zero-order valence-corrected chi connectivity index (χ0v) is 13.3. The van der Waals surface area contributed by atoms with Gasteiger partial charge in [-0.3, -0.25) is 0 Å². The van der Waals surface area contributed by atoms with Gasteiger partial charge in [0.1, 0.15) is 5.76 Å². The van der Waals surface area contributed by atoms with Crippen molar-refractivity contribution in [2.45, 2.75) is 52.0 Å². The van der Waals surface area contributed by atoms with Crippen LogP contribution in [0.5, 0.6) is 0 Å². The molecule has 2 heteroatoms. The Bertz CT molecular complexity index is 487. The number of hydrogen-bond acceptors (Lipinski definition) is 2. The molecular formula is C19H27NO. The Hall–Kier alpha value is -1.54. The first-order valence-corrected chi connectivity index (χ1v) is 8.15. The van der Waals surface area contributed by atoms with Crippen LogP contribution in [0.1, 0.15) is 43.6 Å². The molecular weight excluding hydrogens is 258 g/mol. The van der Waals surface area contributed by atoms with Crippen LogP contribution in [0.3, 0.4) is 0 Å². The summed E-state index contributed by atoms with van der Waals surface area (Å²) in [5.41, 5.74) is 2.83. The predicted molar refractivity (Wildman–Crippen MR) is 88.6 cm³/mol. The normalized spacial score (nSPS) is 12.5. The number of furan rings is 1. The minimum absolute atomic E-state index is 0.516. The van der Waals surface area contributed by atoms with E-state index >= 15 is 0 Å². The molecule has 0 radical (unpaired) electrons. The summed E-state index contributed by atoms with van der Waals surface area (Å²) in [6, 6.07) is 13.6. The smallest absolute Gasteiger partial charge is 0.103 e. The lowest BCUT2D eigenvalue weighted by molar-refractivity contribution is 0.441. The van der Waals surface area contributed by atoms with Crippen molar-refractivity contribution in [3.05, 3.63) is 59.5 Å². The van der Waals surface area contributed by atoms with E-state index in [4.69, 9.17) is 4.42 Å². The molecule has 1 N–H and O–H groups in total. The highest BCUT2D eigenvalue weighted by atomic mass is 16.3. The quantitative estimate of drug-likeness (QED) is 0.739. The van der Waals surface area contributed by atoms with Crippen LogP contribution >= 0.6 is 0 Å². The van der Waals surface area contributed by atoms with Crippen LogP contribution in [0.25, 0.3) is 0 Å². The Morgan fingerprint density at radius 2 is 1.81 bits per heavy atom. The first-order chi connectivity index (χ1) is 10.3. The van der Waals surface area contributed by atoms with E-state index in [1.165, 1.54) is 17.5 Å². The van der Waals surface area contributed by atoms with Crippen LogP contribution in [0.15, 0.2) is 47.1 Å². The Morgan fingerprint density at radius 3 is 2.43 bits per heavy atom. The van der Waals surface area contributed by atoms with Crippen LogP contribution in [-0.2, 0) is 19.3 Å². The molecule has 0 saturated carbocycles. The largest absolute Gasteiger partial charge is 0.469 e. The molecule has 21 heavy (non-hydrogen) atoms. The Balaban J connectivity index is 1.90. The number of hydrogen-bond donors (Lipinski definition) is 1. The predicted octanol–water partition coefficient (Wildman–Crippen LogP) is 4.39. The molecule has 1 atom stereocenters. The molecule has 0 amide bonds. The highest BCUT2D eigenvalue weighted by Crippen LogP contribution is 2.12.